The predicted molar refractivity (Wildman–Crippen MR) is 67.4 cm³/mol. The van der Waals surface area contributed by atoms with E-state index in [1.165, 1.54) is 31.0 Å². The molecule has 16 heavy (non-hydrogen) atoms. The molecule has 4 heteroatoms. The Morgan fingerprint density at radius 2 is 2.12 bits per heavy atom. The molecular weight excluding hydrogens is 222 g/mol. The summed E-state index contributed by atoms with van der Waals surface area (Å²) in [6.45, 7) is 2.18. The van der Waals surface area contributed by atoms with Crippen LogP contribution in [0.25, 0.3) is 0 Å². The minimum absolute atomic E-state index is 0.0392. The van der Waals surface area contributed by atoms with Gasteiger partial charge in [0, 0.05) is 12.2 Å². The van der Waals surface area contributed by atoms with Crippen LogP contribution in [0.1, 0.15) is 51.9 Å². The Hall–Kier alpha value is -0.510. The highest BCUT2D eigenvalue weighted by Crippen LogP contribution is 2.19. The highest BCUT2D eigenvalue weighted by Gasteiger charge is 2.26. The van der Waals surface area contributed by atoms with Crippen LogP contribution in [0.5, 0.6) is 0 Å². The van der Waals surface area contributed by atoms with E-state index in [4.69, 9.17) is 0 Å². The van der Waals surface area contributed by atoms with Gasteiger partial charge in [-0.2, -0.15) is 0 Å². The number of carbonyl (C=O) groups is 2. The first-order chi connectivity index (χ1) is 7.74. The molecule has 0 aromatic heterocycles. The average Bonchev–Trinajstić information content (AvgIpc) is 2.64. The lowest BCUT2D eigenvalue weighted by Gasteiger charge is -2.09. The van der Waals surface area contributed by atoms with Gasteiger partial charge in [0.25, 0.3) is 0 Å². The molecule has 1 aliphatic heterocycles. The van der Waals surface area contributed by atoms with Gasteiger partial charge in [0.15, 0.2) is 0 Å². The number of nitrogens with one attached hydrogen (secondary N) is 1. The van der Waals surface area contributed by atoms with Gasteiger partial charge in [0.2, 0.25) is 11.0 Å². The van der Waals surface area contributed by atoms with Crippen LogP contribution < -0.4 is 5.32 Å². The molecule has 1 saturated heterocycles. The van der Waals surface area contributed by atoms with Crippen LogP contribution in [-0.2, 0) is 9.59 Å². The van der Waals surface area contributed by atoms with Gasteiger partial charge in [0.1, 0.15) is 0 Å². The number of thioether (sulfide) groups is 1. The molecule has 1 amide bonds. The standard InChI is InChI=1S/C12H21NO2S/c1-2-3-4-5-6-7-11(14)13-10-8-9-16-12(10)15/h10H,2-9H2,1H3,(H,13,14). The van der Waals surface area contributed by atoms with E-state index in [1.54, 1.807) is 0 Å². The number of hydrogen-bond acceptors (Lipinski definition) is 3. The lowest BCUT2D eigenvalue weighted by molar-refractivity contribution is -0.124. The molecule has 1 unspecified atom stereocenters. The van der Waals surface area contributed by atoms with Gasteiger partial charge >= 0.3 is 0 Å². The molecule has 1 N–H and O–H groups in total. The average molecular weight is 243 g/mol. The molecule has 1 heterocycles. The van der Waals surface area contributed by atoms with Gasteiger partial charge in [-0.15, -0.1) is 0 Å². The minimum Gasteiger partial charge on any atom is -0.345 e. The zero-order valence-corrected chi connectivity index (χ0v) is 10.8. The quantitative estimate of drug-likeness (QED) is 0.699. The van der Waals surface area contributed by atoms with E-state index in [-0.39, 0.29) is 17.1 Å². The summed E-state index contributed by atoms with van der Waals surface area (Å²) in [5.74, 6) is 0.887. The molecule has 0 saturated carbocycles. The molecule has 3 nitrogen and oxygen atoms in total. The fourth-order valence-corrected chi connectivity index (χ4v) is 2.72. The lowest BCUT2D eigenvalue weighted by atomic mass is 10.1. The molecular formula is C12H21NO2S. The van der Waals surface area contributed by atoms with E-state index in [1.807, 2.05) is 0 Å². The maximum atomic E-state index is 11.5. The van der Waals surface area contributed by atoms with Crippen molar-refractivity contribution in [1.29, 1.82) is 0 Å². The minimum atomic E-state index is -0.215. The Balaban J connectivity index is 2.04. The van der Waals surface area contributed by atoms with Crippen LogP contribution in [0.3, 0.4) is 0 Å². The number of amides is 1. The van der Waals surface area contributed by atoms with E-state index in [0.717, 1.165) is 25.0 Å². The molecule has 0 aromatic carbocycles. The summed E-state index contributed by atoms with van der Waals surface area (Å²) in [6.07, 6.45) is 7.11. The van der Waals surface area contributed by atoms with Crippen molar-refractivity contribution in [2.75, 3.05) is 5.75 Å². The summed E-state index contributed by atoms with van der Waals surface area (Å²) in [5.41, 5.74) is 0. The van der Waals surface area contributed by atoms with Crippen molar-refractivity contribution in [3.8, 4) is 0 Å². The van der Waals surface area contributed by atoms with Crippen molar-refractivity contribution >= 4 is 22.8 Å². The van der Waals surface area contributed by atoms with E-state index in [2.05, 4.69) is 12.2 Å². The second kappa shape index (κ2) is 7.71. The second-order valence-electron chi connectivity index (χ2n) is 4.24. The van der Waals surface area contributed by atoms with Gasteiger partial charge in [-0.1, -0.05) is 44.4 Å². The third kappa shape index (κ3) is 5.01. The summed E-state index contributed by atoms with van der Waals surface area (Å²) in [4.78, 5) is 22.8. The molecule has 0 aliphatic carbocycles. The Bertz CT molecular complexity index is 243. The zero-order valence-electron chi connectivity index (χ0n) is 9.96. The van der Waals surface area contributed by atoms with E-state index < -0.39 is 0 Å². The fraction of sp³-hybridized carbons (Fsp3) is 0.833. The maximum absolute atomic E-state index is 11.5. The topological polar surface area (TPSA) is 46.2 Å². The van der Waals surface area contributed by atoms with Crippen molar-refractivity contribution < 1.29 is 9.59 Å². The van der Waals surface area contributed by atoms with Crippen LogP contribution in [0.4, 0.5) is 0 Å². The van der Waals surface area contributed by atoms with Crippen LogP contribution in [-0.4, -0.2) is 22.8 Å². The second-order valence-corrected chi connectivity index (χ2v) is 5.34. The summed E-state index contributed by atoms with van der Waals surface area (Å²) < 4.78 is 0. The monoisotopic (exact) mass is 243 g/mol. The fourth-order valence-electron chi connectivity index (χ4n) is 1.78. The smallest absolute Gasteiger partial charge is 0.220 e. The SMILES string of the molecule is CCCCCCCC(=O)NC1CCSC1=O. The summed E-state index contributed by atoms with van der Waals surface area (Å²) in [6, 6.07) is -0.215. The Labute approximate surface area is 102 Å². The van der Waals surface area contributed by atoms with Crippen molar-refractivity contribution in [2.45, 2.75) is 57.9 Å². The molecule has 1 aliphatic rings. The third-order valence-corrected chi connectivity index (χ3v) is 3.79. The summed E-state index contributed by atoms with van der Waals surface area (Å²) >= 11 is 1.33. The van der Waals surface area contributed by atoms with E-state index >= 15 is 0 Å². The highest BCUT2D eigenvalue weighted by molar-refractivity contribution is 8.14. The number of carbonyl (C=O) groups excluding carboxylic acids is 2. The Morgan fingerprint density at radius 3 is 2.75 bits per heavy atom. The number of rotatable bonds is 7. The van der Waals surface area contributed by atoms with Crippen LogP contribution in [0.2, 0.25) is 0 Å². The van der Waals surface area contributed by atoms with Gasteiger partial charge in [-0.3, -0.25) is 9.59 Å². The summed E-state index contributed by atoms with van der Waals surface area (Å²) in [5, 5.41) is 2.93. The third-order valence-electron chi connectivity index (χ3n) is 2.78. The van der Waals surface area contributed by atoms with Crippen molar-refractivity contribution in [1.82, 2.24) is 5.32 Å². The molecule has 1 rings (SSSR count). The Kier molecular flexibility index (Phi) is 6.53. The Morgan fingerprint density at radius 1 is 1.38 bits per heavy atom. The molecule has 92 valence electrons. The first-order valence-corrected chi connectivity index (χ1v) is 7.18. The maximum Gasteiger partial charge on any atom is 0.220 e. The zero-order chi connectivity index (χ0) is 11.8. The summed E-state index contributed by atoms with van der Waals surface area (Å²) in [7, 11) is 0. The van der Waals surface area contributed by atoms with E-state index in [9.17, 15) is 9.59 Å². The number of unbranched alkanes of at least 4 members (excludes halogenated alkanes) is 4. The van der Waals surface area contributed by atoms with Gasteiger partial charge < -0.3 is 5.32 Å². The van der Waals surface area contributed by atoms with Crippen LogP contribution in [0, 0.1) is 0 Å². The molecule has 0 radical (unpaired) electrons. The van der Waals surface area contributed by atoms with Gasteiger partial charge in [0.05, 0.1) is 6.04 Å². The largest absolute Gasteiger partial charge is 0.345 e. The van der Waals surface area contributed by atoms with Gasteiger partial charge in [-0.05, 0) is 12.8 Å². The van der Waals surface area contributed by atoms with Crippen molar-refractivity contribution in [3.05, 3.63) is 0 Å². The lowest BCUT2D eigenvalue weighted by Crippen LogP contribution is -2.36. The van der Waals surface area contributed by atoms with Gasteiger partial charge in [-0.25, -0.2) is 0 Å². The molecule has 0 aromatic rings. The van der Waals surface area contributed by atoms with Crippen LogP contribution >= 0.6 is 11.8 Å². The number of hydrogen-bond donors (Lipinski definition) is 1. The molecule has 1 atom stereocenters. The highest BCUT2D eigenvalue weighted by atomic mass is 32.2. The van der Waals surface area contributed by atoms with Crippen molar-refractivity contribution in [3.63, 3.8) is 0 Å². The van der Waals surface area contributed by atoms with Crippen molar-refractivity contribution in [2.24, 2.45) is 0 Å². The van der Waals surface area contributed by atoms with Crippen LogP contribution in [0.15, 0.2) is 0 Å². The first kappa shape index (κ1) is 13.6. The molecule has 0 bridgehead atoms. The molecule has 1 fully saturated rings. The normalized spacial score (nSPS) is 20.1. The molecule has 0 spiro atoms. The predicted octanol–water partition coefficient (Wildman–Crippen LogP) is 2.50. The first-order valence-electron chi connectivity index (χ1n) is 6.20. The van der Waals surface area contributed by atoms with E-state index in [0.29, 0.717) is 6.42 Å².